The summed E-state index contributed by atoms with van der Waals surface area (Å²) >= 11 is 6.10. The lowest BCUT2D eigenvalue weighted by atomic mass is 10.0. The van der Waals surface area contributed by atoms with E-state index < -0.39 is 5.97 Å². The van der Waals surface area contributed by atoms with Crippen molar-refractivity contribution in [2.75, 3.05) is 18.0 Å². The highest BCUT2D eigenvalue weighted by molar-refractivity contribution is 6.31. The zero-order chi connectivity index (χ0) is 14.8. The fraction of sp³-hybridized carbons (Fsp3) is 0.333. The maximum absolute atomic E-state index is 11.0. The highest BCUT2D eigenvalue weighted by Gasteiger charge is 2.18. The van der Waals surface area contributed by atoms with Gasteiger partial charge in [-0.2, -0.15) is 5.10 Å². The lowest BCUT2D eigenvalue weighted by molar-refractivity contribution is 0.0690. The first-order valence-corrected chi connectivity index (χ1v) is 7.36. The maximum Gasteiger partial charge on any atom is 0.353 e. The van der Waals surface area contributed by atoms with Gasteiger partial charge in [0.25, 0.3) is 0 Å². The number of H-pyrrole nitrogens is 1. The molecular formula is C15H16ClN3O2. The molecule has 1 aromatic heterocycles. The van der Waals surface area contributed by atoms with Crippen LogP contribution in [0.3, 0.4) is 0 Å². The molecule has 0 unspecified atom stereocenters. The second-order valence-corrected chi connectivity index (χ2v) is 5.62. The van der Waals surface area contributed by atoms with Gasteiger partial charge in [0.1, 0.15) is 5.69 Å². The molecule has 0 spiro atoms. The van der Waals surface area contributed by atoms with Crippen LogP contribution in [0, 0.1) is 0 Å². The third kappa shape index (κ3) is 2.88. The van der Waals surface area contributed by atoms with E-state index in [1.807, 2.05) is 18.2 Å². The Hall–Kier alpha value is -2.01. The van der Waals surface area contributed by atoms with Crippen molar-refractivity contribution < 1.29 is 9.90 Å². The molecule has 1 aliphatic rings. The molecule has 0 amide bonds. The van der Waals surface area contributed by atoms with Gasteiger partial charge in [0.05, 0.1) is 5.69 Å². The van der Waals surface area contributed by atoms with E-state index in [0.717, 1.165) is 24.3 Å². The van der Waals surface area contributed by atoms with Crippen molar-refractivity contribution >= 4 is 23.3 Å². The molecule has 5 nitrogen and oxygen atoms in total. The largest absolute Gasteiger partial charge is 0.477 e. The van der Waals surface area contributed by atoms with Crippen molar-refractivity contribution in [2.24, 2.45) is 0 Å². The minimum absolute atomic E-state index is 0.0783. The van der Waals surface area contributed by atoms with Crippen molar-refractivity contribution in [3.05, 3.63) is 35.0 Å². The monoisotopic (exact) mass is 305 g/mol. The maximum atomic E-state index is 11.0. The number of hydrogen-bond donors (Lipinski definition) is 2. The van der Waals surface area contributed by atoms with Crippen molar-refractivity contribution in [3.63, 3.8) is 0 Å². The fourth-order valence-electron chi connectivity index (χ4n) is 2.69. The van der Waals surface area contributed by atoms with Crippen LogP contribution in [-0.4, -0.2) is 34.4 Å². The number of nitrogens with one attached hydrogen (secondary N) is 1. The number of piperidine rings is 1. The van der Waals surface area contributed by atoms with E-state index in [1.165, 1.54) is 19.3 Å². The SMILES string of the molecule is O=C(O)c1cc(-c2cc(Cl)ccc2N2CCCCC2)n[nH]1. The van der Waals surface area contributed by atoms with Crippen molar-refractivity contribution in [3.8, 4) is 11.3 Å². The van der Waals surface area contributed by atoms with E-state index >= 15 is 0 Å². The highest BCUT2D eigenvalue weighted by atomic mass is 35.5. The number of rotatable bonds is 3. The molecule has 1 saturated heterocycles. The lowest BCUT2D eigenvalue weighted by Crippen LogP contribution is -2.29. The smallest absolute Gasteiger partial charge is 0.353 e. The number of anilines is 1. The number of aromatic amines is 1. The molecule has 3 rings (SSSR count). The van der Waals surface area contributed by atoms with Gasteiger partial charge in [-0.3, -0.25) is 5.10 Å². The zero-order valence-electron chi connectivity index (χ0n) is 11.5. The first-order chi connectivity index (χ1) is 10.1. The summed E-state index contributed by atoms with van der Waals surface area (Å²) in [5, 5.41) is 16.3. The van der Waals surface area contributed by atoms with E-state index in [9.17, 15) is 4.79 Å². The second-order valence-electron chi connectivity index (χ2n) is 5.18. The molecule has 0 atom stereocenters. The topological polar surface area (TPSA) is 69.2 Å². The Morgan fingerprint density at radius 1 is 1.24 bits per heavy atom. The number of nitrogens with zero attached hydrogens (tertiary/aromatic N) is 2. The summed E-state index contributed by atoms with van der Waals surface area (Å²) in [4.78, 5) is 13.3. The van der Waals surface area contributed by atoms with Crippen molar-refractivity contribution in [1.82, 2.24) is 10.2 Å². The van der Waals surface area contributed by atoms with Gasteiger partial charge >= 0.3 is 5.97 Å². The Balaban J connectivity index is 2.02. The molecule has 2 N–H and O–H groups in total. The molecule has 21 heavy (non-hydrogen) atoms. The van der Waals surface area contributed by atoms with Crippen LogP contribution in [0.15, 0.2) is 24.3 Å². The van der Waals surface area contributed by atoms with Crippen LogP contribution in [-0.2, 0) is 0 Å². The Bertz CT molecular complexity index is 663. The van der Waals surface area contributed by atoms with Crippen LogP contribution >= 0.6 is 11.6 Å². The molecular weight excluding hydrogens is 290 g/mol. The number of benzene rings is 1. The summed E-state index contributed by atoms with van der Waals surface area (Å²) in [6.45, 7) is 2.01. The standard InChI is InChI=1S/C15H16ClN3O2/c16-10-4-5-14(19-6-2-1-3-7-19)11(8-10)12-9-13(15(20)21)18-17-12/h4-5,8-9H,1-3,6-7H2,(H,17,18)(H,20,21). The molecule has 2 aromatic rings. The van der Waals surface area contributed by atoms with Gasteiger partial charge in [0.15, 0.2) is 0 Å². The number of hydrogen-bond acceptors (Lipinski definition) is 3. The van der Waals surface area contributed by atoms with Crippen molar-refractivity contribution in [2.45, 2.75) is 19.3 Å². The molecule has 6 heteroatoms. The molecule has 2 heterocycles. The fourth-order valence-corrected chi connectivity index (χ4v) is 2.87. The van der Waals surface area contributed by atoms with E-state index in [2.05, 4.69) is 15.1 Å². The highest BCUT2D eigenvalue weighted by Crippen LogP contribution is 2.34. The molecule has 1 aliphatic heterocycles. The zero-order valence-corrected chi connectivity index (χ0v) is 12.2. The number of carboxylic acids is 1. The number of aromatic carboxylic acids is 1. The number of carbonyl (C=O) groups is 1. The lowest BCUT2D eigenvalue weighted by Gasteiger charge is -2.30. The van der Waals surface area contributed by atoms with E-state index in [0.29, 0.717) is 10.7 Å². The van der Waals surface area contributed by atoms with Crippen LogP contribution in [0.2, 0.25) is 5.02 Å². The summed E-state index contributed by atoms with van der Waals surface area (Å²) in [5.41, 5.74) is 2.61. The minimum Gasteiger partial charge on any atom is -0.477 e. The molecule has 1 fully saturated rings. The first-order valence-electron chi connectivity index (χ1n) is 6.99. The van der Waals surface area contributed by atoms with Gasteiger partial charge < -0.3 is 10.0 Å². The molecule has 0 saturated carbocycles. The number of aromatic nitrogens is 2. The van der Waals surface area contributed by atoms with Crippen LogP contribution in [0.1, 0.15) is 29.8 Å². The van der Waals surface area contributed by atoms with Crippen molar-refractivity contribution in [1.29, 1.82) is 0 Å². The number of halogens is 1. The van der Waals surface area contributed by atoms with Crippen LogP contribution in [0.25, 0.3) is 11.3 Å². The molecule has 0 aliphatic carbocycles. The number of carboxylic acid groups (broad SMARTS) is 1. The Morgan fingerprint density at radius 3 is 2.67 bits per heavy atom. The predicted octanol–water partition coefficient (Wildman–Crippen LogP) is 3.42. The van der Waals surface area contributed by atoms with E-state index in [-0.39, 0.29) is 5.69 Å². The molecule has 0 radical (unpaired) electrons. The van der Waals surface area contributed by atoms with Gasteiger partial charge in [-0.25, -0.2) is 4.79 Å². The van der Waals surface area contributed by atoms with Gasteiger partial charge in [-0.1, -0.05) is 11.6 Å². The summed E-state index contributed by atoms with van der Waals surface area (Å²) in [5.74, 6) is -1.02. The third-order valence-electron chi connectivity index (χ3n) is 3.74. The molecule has 0 bridgehead atoms. The Labute approximate surface area is 127 Å². The normalized spacial score (nSPS) is 15.2. The van der Waals surface area contributed by atoms with Crippen LogP contribution < -0.4 is 4.90 Å². The minimum atomic E-state index is -1.02. The van der Waals surface area contributed by atoms with E-state index in [1.54, 1.807) is 6.07 Å². The Kier molecular flexibility index (Phi) is 3.84. The summed E-state index contributed by atoms with van der Waals surface area (Å²) < 4.78 is 0. The molecule has 1 aromatic carbocycles. The summed E-state index contributed by atoms with van der Waals surface area (Å²) in [7, 11) is 0. The average molecular weight is 306 g/mol. The van der Waals surface area contributed by atoms with E-state index in [4.69, 9.17) is 16.7 Å². The molecule has 110 valence electrons. The quantitative estimate of drug-likeness (QED) is 0.911. The Morgan fingerprint density at radius 2 is 2.00 bits per heavy atom. The first kappa shape index (κ1) is 13.9. The van der Waals surface area contributed by atoms with Gasteiger partial charge in [-0.05, 0) is 43.5 Å². The van der Waals surface area contributed by atoms with Crippen LogP contribution in [0.5, 0.6) is 0 Å². The van der Waals surface area contributed by atoms with Gasteiger partial charge in [0.2, 0.25) is 0 Å². The average Bonchev–Trinajstić information content (AvgIpc) is 2.98. The summed E-state index contributed by atoms with van der Waals surface area (Å²) in [6.07, 6.45) is 3.59. The van der Waals surface area contributed by atoms with Gasteiger partial charge in [-0.15, -0.1) is 0 Å². The third-order valence-corrected chi connectivity index (χ3v) is 3.97. The van der Waals surface area contributed by atoms with Crippen LogP contribution in [0.4, 0.5) is 5.69 Å². The predicted molar refractivity (Wildman–Crippen MR) is 82.1 cm³/mol. The van der Waals surface area contributed by atoms with Gasteiger partial charge in [0, 0.05) is 29.4 Å². The second kappa shape index (κ2) is 5.77. The summed E-state index contributed by atoms with van der Waals surface area (Å²) in [6, 6.07) is 7.23.